The van der Waals surface area contributed by atoms with Crippen molar-refractivity contribution in [1.82, 2.24) is 9.55 Å². The molecule has 144 valence electrons. The Morgan fingerprint density at radius 1 is 1.37 bits per heavy atom. The molecule has 0 aliphatic heterocycles. The monoisotopic (exact) mass is 390 g/mol. The van der Waals surface area contributed by atoms with Gasteiger partial charge in [0.1, 0.15) is 12.4 Å². The Bertz CT molecular complexity index is 880. The van der Waals surface area contributed by atoms with Gasteiger partial charge in [-0.3, -0.25) is 9.59 Å². The number of aromatic nitrogens is 2. The molecule has 1 aliphatic rings. The highest BCUT2D eigenvalue weighted by Gasteiger charge is 2.30. The number of methoxy groups -OCH3 is 1. The molecular formula is C20H23FN2O3S. The summed E-state index contributed by atoms with van der Waals surface area (Å²) in [6, 6.07) is 6.23. The Balaban J connectivity index is 1.97. The van der Waals surface area contributed by atoms with E-state index >= 15 is 0 Å². The van der Waals surface area contributed by atoms with Crippen LogP contribution in [0.2, 0.25) is 0 Å². The summed E-state index contributed by atoms with van der Waals surface area (Å²) in [5, 5.41) is 0.511. The zero-order chi connectivity index (χ0) is 19.4. The lowest BCUT2D eigenvalue weighted by atomic mass is 10.0. The summed E-state index contributed by atoms with van der Waals surface area (Å²) in [5.41, 5.74) is 2.38. The molecule has 1 aliphatic carbocycles. The van der Waals surface area contributed by atoms with Gasteiger partial charge < -0.3 is 9.30 Å². The summed E-state index contributed by atoms with van der Waals surface area (Å²) in [4.78, 5) is 28.8. The van der Waals surface area contributed by atoms with Crippen molar-refractivity contribution in [1.29, 1.82) is 0 Å². The second kappa shape index (κ2) is 8.69. The summed E-state index contributed by atoms with van der Waals surface area (Å²) in [6.45, 7) is 2.16. The average Bonchev–Trinajstić information content (AvgIpc) is 3.08. The highest BCUT2D eigenvalue weighted by molar-refractivity contribution is 7.98. The molecule has 3 rings (SSSR count). The van der Waals surface area contributed by atoms with Gasteiger partial charge in [-0.25, -0.2) is 4.39 Å². The highest BCUT2D eigenvalue weighted by atomic mass is 32.2. The highest BCUT2D eigenvalue weighted by Crippen LogP contribution is 2.36. The first-order chi connectivity index (χ1) is 13.0. The van der Waals surface area contributed by atoms with Gasteiger partial charge >= 0.3 is 5.97 Å². The first kappa shape index (κ1) is 19.6. The normalized spacial score (nSPS) is 15.6. The van der Waals surface area contributed by atoms with Crippen LogP contribution in [0.1, 0.15) is 48.9 Å². The van der Waals surface area contributed by atoms with Gasteiger partial charge in [0.15, 0.2) is 5.16 Å². The van der Waals surface area contributed by atoms with E-state index in [0.29, 0.717) is 17.3 Å². The fourth-order valence-corrected chi connectivity index (χ4v) is 4.52. The third-order valence-electron chi connectivity index (χ3n) is 4.85. The van der Waals surface area contributed by atoms with Crippen molar-refractivity contribution >= 4 is 17.7 Å². The number of carbonyl (C=O) groups excluding carboxylic acids is 1. The van der Waals surface area contributed by atoms with Crippen LogP contribution >= 0.6 is 11.8 Å². The van der Waals surface area contributed by atoms with Gasteiger partial charge in [0, 0.05) is 22.9 Å². The number of carbonyl (C=O) groups is 1. The van der Waals surface area contributed by atoms with Crippen molar-refractivity contribution in [2.24, 2.45) is 0 Å². The number of nitrogens with zero attached hydrogens (tertiary/aromatic N) is 2. The van der Waals surface area contributed by atoms with Crippen molar-refractivity contribution in [2.75, 3.05) is 7.11 Å². The van der Waals surface area contributed by atoms with Crippen LogP contribution in [0.15, 0.2) is 34.2 Å². The van der Waals surface area contributed by atoms with Crippen molar-refractivity contribution in [3.8, 4) is 0 Å². The summed E-state index contributed by atoms with van der Waals surface area (Å²) in [6.07, 6.45) is 3.60. The Labute approximate surface area is 162 Å². The molecule has 1 atom stereocenters. The third-order valence-corrected chi connectivity index (χ3v) is 5.90. The number of fused-ring (bicyclic) bond motifs is 1. The SMILES string of the molecule is CCCC1CCc2c1n(CC(=O)OC)c(SCc1ccc(F)cc1)nc2=O. The van der Waals surface area contributed by atoms with E-state index in [9.17, 15) is 14.0 Å². The van der Waals surface area contributed by atoms with Crippen LogP contribution in [0.3, 0.4) is 0 Å². The van der Waals surface area contributed by atoms with Crippen LogP contribution in [0.4, 0.5) is 4.39 Å². The number of ether oxygens (including phenoxy) is 1. The first-order valence-electron chi connectivity index (χ1n) is 9.11. The van der Waals surface area contributed by atoms with Crippen LogP contribution in [-0.2, 0) is 28.2 Å². The van der Waals surface area contributed by atoms with Crippen molar-refractivity contribution in [3.05, 3.63) is 57.3 Å². The zero-order valence-corrected chi connectivity index (χ0v) is 16.4. The molecular weight excluding hydrogens is 367 g/mol. The average molecular weight is 390 g/mol. The maximum absolute atomic E-state index is 13.1. The van der Waals surface area contributed by atoms with Gasteiger partial charge in [0.25, 0.3) is 5.56 Å². The lowest BCUT2D eigenvalue weighted by Crippen LogP contribution is -2.25. The quantitative estimate of drug-likeness (QED) is 0.410. The van der Waals surface area contributed by atoms with Crippen molar-refractivity contribution in [3.63, 3.8) is 0 Å². The van der Waals surface area contributed by atoms with Gasteiger partial charge in [-0.15, -0.1) is 0 Å². The van der Waals surface area contributed by atoms with E-state index in [0.717, 1.165) is 36.1 Å². The fourth-order valence-electron chi connectivity index (χ4n) is 3.56. The molecule has 1 heterocycles. The van der Waals surface area contributed by atoms with Crippen LogP contribution in [0.5, 0.6) is 0 Å². The number of hydrogen-bond donors (Lipinski definition) is 0. The number of rotatable bonds is 7. The zero-order valence-electron chi connectivity index (χ0n) is 15.5. The molecule has 2 aromatic rings. The molecule has 0 radical (unpaired) electrons. The topological polar surface area (TPSA) is 61.2 Å². The van der Waals surface area contributed by atoms with Crippen molar-refractivity contribution in [2.45, 2.75) is 56.0 Å². The lowest BCUT2D eigenvalue weighted by Gasteiger charge is -2.20. The Hall–Kier alpha value is -2.15. The van der Waals surface area contributed by atoms with E-state index in [4.69, 9.17) is 4.74 Å². The van der Waals surface area contributed by atoms with Crippen LogP contribution in [0.25, 0.3) is 0 Å². The van der Waals surface area contributed by atoms with E-state index in [1.54, 1.807) is 12.1 Å². The number of esters is 1. The van der Waals surface area contributed by atoms with Crippen LogP contribution in [0, 0.1) is 5.82 Å². The van der Waals surface area contributed by atoms with E-state index in [-0.39, 0.29) is 29.8 Å². The largest absolute Gasteiger partial charge is 0.468 e. The predicted molar refractivity (Wildman–Crippen MR) is 102 cm³/mol. The predicted octanol–water partition coefficient (Wildman–Crippen LogP) is 3.68. The fraction of sp³-hybridized carbons (Fsp3) is 0.450. The maximum atomic E-state index is 13.1. The minimum atomic E-state index is -0.367. The molecule has 0 N–H and O–H groups in total. The molecule has 7 heteroatoms. The van der Waals surface area contributed by atoms with E-state index in [1.165, 1.54) is 31.0 Å². The summed E-state index contributed by atoms with van der Waals surface area (Å²) in [5.74, 6) is 0.138. The molecule has 0 fully saturated rings. The molecule has 0 saturated carbocycles. The molecule has 1 aromatic heterocycles. The molecule has 1 aromatic carbocycles. The van der Waals surface area contributed by atoms with Crippen molar-refractivity contribution < 1.29 is 13.9 Å². The van der Waals surface area contributed by atoms with Crippen LogP contribution < -0.4 is 5.56 Å². The molecule has 0 bridgehead atoms. The molecule has 27 heavy (non-hydrogen) atoms. The standard InChI is InChI=1S/C20H23FN2O3S/c1-3-4-14-7-10-16-18(14)23(11-17(24)26-2)20(22-19(16)25)27-12-13-5-8-15(21)9-6-13/h5-6,8-9,14H,3-4,7,10-12H2,1-2H3. The number of thioether (sulfide) groups is 1. The summed E-state index contributed by atoms with van der Waals surface area (Å²) < 4.78 is 19.8. The van der Waals surface area contributed by atoms with Crippen LogP contribution in [-0.4, -0.2) is 22.6 Å². The number of halogens is 1. The Kier molecular flexibility index (Phi) is 6.31. The molecule has 0 spiro atoms. The van der Waals surface area contributed by atoms with Gasteiger partial charge in [0.2, 0.25) is 0 Å². The minimum Gasteiger partial charge on any atom is -0.468 e. The Morgan fingerprint density at radius 3 is 2.78 bits per heavy atom. The molecule has 1 unspecified atom stereocenters. The molecule has 0 amide bonds. The molecule has 5 nitrogen and oxygen atoms in total. The Morgan fingerprint density at radius 2 is 2.11 bits per heavy atom. The molecule has 0 saturated heterocycles. The van der Waals surface area contributed by atoms with Gasteiger partial charge in [-0.05, 0) is 37.0 Å². The lowest BCUT2D eigenvalue weighted by molar-refractivity contribution is -0.141. The summed E-state index contributed by atoms with van der Waals surface area (Å²) >= 11 is 1.38. The summed E-state index contributed by atoms with van der Waals surface area (Å²) in [7, 11) is 1.35. The first-order valence-corrected chi connectivity index (χ1v) is 10.1. The van der Waals surface area contributed by atoms with E-state index in [1.807, 2.05) is 4.57 Å². The van der Waals surface area contributed by atoms with Gasteiger partial charge in [0.05, 0.1) is 7.11 Å². The maximum Gasteiger partial charge on any atom is 0.325 e. The second-order valence-electron chi connectivity index (χ2n) is 6.67. The van der Waals surface area contributed by atoms with Gasteiger partial charge in [-0.2, -0.15) is 4.98 Å². The third kappa shape index (κ3) is 4.40. The van der Waals surface area contributed by atoms with E-state index in [2.05, 4.69) is 11.9 Å². The minimum absolute atomic E-state index is 0.0398. The number of benzene rings is 1. The van der Waals surface area contributed by atoms with Gasteiger partial charge in [-0.1, -0.05) is 37.2 Å². The second-order valence-corrected chi connectivity index (χ2v) is 7.61. The van der Waals surface area contributed by atoms with E-state index < -0.39 is 0 Å². The smallest absolute Gasteiger partial charge is 0.325 e. The number of hydrogen-bond acceptors (Lipinski definition) is 5.